The van der Waals surface area contributed by atoms with Crippen LogP contribution in [0.5, 0.6) is 0 Å². The molecule has 0 aromatic carbocycles. The van der Waals surface area contributed by atoms with E-state index in [1.54, 1.807) is 39.2 Å². The standard InChI is InChI=1S/C18H24N6O3/c1-12-6-13(2)24(18(27)21-12)11-16(25)19-8-14-4-5-23(10-14)15-7-17(26)22(3)20-9-15/h6-7,9,14H,4-5,8,10-11H2,1-3H3,(H,19,25)/t14-/m1/s1. The van der Waals surface area contributed by atoms with Gasteiger partial charge in [-0.15, -0.1) is 0 Å². The van der Waals surface area contributed by atoms with Gasteiger partial charge in [-0.1, -0.05) is 0 Å². The van der Waals surface area contributed by atoms with Crippen LogP contribution < -0.4 is 21.5 Å². The monoisotopic (exact) mass is 372 g/mol. The summed E-state index contributed by atoms with van der Waals surface area (Å²) in [6, 6.07) is 3.36. The second-order valence-corrected chi connectivity index (χ2v) is 6.99. The van der Waals surface area contributed by atoms with Gasteiger partial charge >= 0.3 is 5.69 Å². The SMILES string of the molecule is Cc1cc(C)n(CC(=O)NC[C@H]2CCN(c3cnn(C)c(=O)c3)C2)c(=O)n1. The summed E-state index contributed by atoms with van der Waals surface area (Å²) >= 11 is 0. The van der Waals surface area contributed by atoms with Crippen LogP contribution in [0.2, 0.25) is 0 Å². The molecular weight excluding hydrogens is 348 g/mol. The molecule has 1 N–H and O–H groups in total. The van der Waals surface area contributed by atoms with Gasteiger partial charge < -0.3 is 10.2 Å². The number of hydrogen-bond donors (Lipinski definition) is 1. The second-order valence-electron chi connectivity index (χ2n) is 6.99. The van der Waals surface area contributed by atoms with E-state index in [-0.39, 0.29) is 23.9 Å². The molecule has 1 aliphatic heterocycles. The quantitative estimate of drug-likeness (QED) is 0.766. The van der Waals surface area contributed by atoms with E-state index in [9.17, 15) is 14.4 Å². The highest BCUT2D eigenvalue weighted by molar-refractivity contribution is 5.75. The largest absolute Gasteiger partial charge is 0.370 e. The Morgan fingerprint density at radius 3 is 2.78 bits per heavy atom. The highest BCUT2D eigenvalue weighted by Crippen LogP contribution is 2.21. The fourth-order valence-corrected chi connectivity index (χ4v) is 3.29. The summed E-state index contributed by atoms with van der Waals surface area (Å²) in [6.45, 7) is 5.60. The van der Waals surface area contributed by atoms with Gasteiger partial charge in [-0.05, 0) is 32.3 Å². The normalized spacial score (nSPS) is 16.6. The molecule has 1 fully saturated rings. The number of carbonyl (C=O) groups is 1. The van der Waals surface area contributed by atoms with E-state index >= 15 is 0 Å². The van der Waals surface area contributed by atoms with Crippen LogP contribution in [-0.2, 0) is 18.4 Å². The molecule has 1 aliphatic rings. The number of anilines is 1. The van der Waals surface area contributed by atoms with Crippen molar-refractivity contribution < 1.29 is 4.79 Å². The van der Waals surface area contributed by atoms with Gasteiger partial charge in [-0.2, -0.15) is 10.1 Å². The van der Waals surface area contributed by atoms with Crippen molar-refractivity contribution in [3.8, 4) is 0 Å². The van der Waals surface area contributed by atoms with Crippen LogP contribution in [0.4, 0.5) is 5.69 Å². The third-order valence-corrected chi connectivity index (χ3v) is 4.84. The molecule has 3 heterocycles. The molecule has 27 heavy (non-hydrogen) atoms. The van der Waals surface area contributed by atoms with Crippen LogP contribution in [0.15, 0.2) is 27.9 Å². The van der Waals surface area contributed by atoms with Gasteiger partial charge in [0.25, 0.3) is 5.56 Å². The highest BCUT2D eigenvalue weighted by atomic mass is 16.2. The van der Waals surface area contributed by atoms with Gasteiger partial charge in [0.2, 0.25) is 5.91 Å². The predicted molar refractivity (Wildman–Crippen MR) is 101 cm³/mol. The summed E-state index contributed by atoms with van der Waals surface area (Å²) in [5, 5.41) is 6.95. The van der Waals surface area contributed by atoms with Gasteiger partial charge in [0.1, 0.15) is 6.54 Å². The minimum Gasteiger partial charge on any atom is -0.370 e. The summed E-state index contributed by atoms with van der Waals surface area (Å²) in [5.41, 5.74) is 1.61. The van der Waals surface area contributed by atoms with E-state index in [1.165, 1.54) is 9.25 Å². The molecule has 2 aromatic rings. The van der Waals surface area contributed by atoms with Crippen LogP contribution in [0.25, 0.3) is 0 Å². The molecule has 0 spiro atoms. The fraction of sp³-hybridized carbons (Fsp3) is 0.500. The maximum Gasteiger partial charge on any atom is 0.348 e. The first-order valence-corrected chi connectivity index (χ1v) is 8.93. The first kappa shape index (κ1) is 18.8. The van der Waals surface area contributed by atoms with Crippen LogP contribution in [0, 0.1) is 19.8 Å². The number of aromatic nitrogens is 4. The topological polar surface area (TPSA) is 102 Å². The third kappa shape index (κ3) is 4.42. The fourth-order valence-electron chi connectivity index (χ4n) is 3.29. The first-order valence-electron chi connectivity index (χ1n) is 8.93. The lowest BCUT2D eigenvalue weighted by Crippen LogP contribution is -2.37. The lowest BCUT2D eigenvalue weighted by molar-refractivity contribution is -0.121. The van der Waals surface area contributed by atoms with Gasteiger partial charge in [0.15, 0.2) is 0 Å². The Bertz CT molecular complexity index is 964. The summed E-state index contributed by atoms with van der Waals surface area (Å²) in [5.74, 6) is 0.0755. The number of rotatable bonds is 5. The third-order valence-electron chi connectivity index (χ3n) is 4.84. The molecular formula is C18H24N6O3. The summed E-state index contributed by atoms with van der Waals surface area (Å²) < 4.78 is 2.66. The molecule has 0 aliphatic carbocycles. The minimum atomic E-state index is -0.409. The smallest absolute Gasteiger partial charge is 0.348 e. The lowest BCUT2D eigenvalue weighted by atomic mass is 10.1. The molecule has 1 atom stereocenters. The van der Waals surface area contributed by atoms with Crippen molar-refractivity contribution in [2.75, 3.05) is 24.5 Å². The first-order chi connectivity index (χ1) is 12.8. The van der Waals surface area contributed by atoms with E-state index in [2.05, 4.69) is 20.3 Å². The summed E-state index contributed by atoms with van der Waals surface area (Å²) in [4.78, 5) is 41.9. The van der Waals surface area contributed by atoms with Crippen molar-refractivity contribution >= 4 is 11.6 Å². The van der Waals surface area contributed by atoms with Gasteiger partial charge in [-0.3, -0.25) is 14.2 Å². The van der Waals surface area contributed by atoms with Gasteiger partial charge in [0.05, 0.1) is 11.9 Å². The lowest BCUT2D eigenvalue weighted by Gasteiger charge is -2.18. The van der Waals surface area contributed by atoms with E-state index in [0.717, 1.165) is 25.2 Å². The molecule has 0 unspecified atom stereocenters. The average Bonchev–Trinajstić information content (AvgIpc) is 3.07. The predicted octanol–water partition coefficient (Wildman–Crippen LogP) is -0.403. The van der Waals surface area contributed by atoms with E-state index in [1.807, 2.05) is 0 Å². The number of aryl methyl sites for hydroxylation is 3. The molecule has 1 amide bonds. The van der Waals surface area contributed by atoms with E-state index < -0.39 is 5.69 Å². The Hall–Kier alpha value is -2.97. The number of amides is 1. The van der Waals surface area contributed by atoms with E-state index in [0.29, 0.717) is 17.9 Å². The molecule has 0 radical (unpaired) electrons. The molecule has 0 bridgehead atoms. The maximum atomic E-state index is 12.2. The Morgan fingerprint density at radius 2 is 2.07 bits per heavy atom. The molecule has 3 rings (SSSR count). The number of nitrogens with one attached hydrogen (secondary N) is 1. The van der Waals surface area contributed by atoms with Crippen molar-refractivity contribution in [1.29, 1.82) is 0 Å². The summed E-state index contributed by atoms with van der Waals surface area (Å²) in [6.07, 6.45) is 2.60. The maximum absolute atomic E-state index is 12.2. The van der Waals surface area contributed by atoms with Crippen molar-refractivity contribution in [2.24, 2.45) is 13.0 Å². The second kappa shape index (κ2) is 7.73. The molecule has 9 heteroatoms. The van der Waals surface area contributed by atoms with Crippen molar-refractivity contribution in [3.63, 3.8) is 0 Å². The zero-order chi connectivity index (χ0) is 19.6. The van der Waals surface area contributed by atoms with Crippen molar-refractivity contribution in [2.45, 2.75) is 26.8 Å². The molecule has 0 saturated carbocycles. The van der Waals surface area contributed by atoms with E-state index in [4.69, 9.17) is 0 Å². The van der Waals surface area contributed by atoms with Gasteiger partial charge in [0, 0.05) is 44.1 Å². The van der Waals surface area contributed by atoms with Crippen LogP contribution in [0.3, 0.4) is 0 Å². The average molecular weight is 372 g/mol. The Kier molecular flexibility index (Phi) is 5.38. The molecule has 2 aromatic heterocycles. The number of nitrogens with zero attached hydrogens (tertiary/aromatic N) is 5. The molecule has 144 valence electrons. The molecule has 9 nitrogen and oxygen atoms in total. The summed E-state index contributed by atoms with van der Waals surface area (Å²) in [7, 11) is 1.62. The van der Waals surface area contributed by atoms with Crippen molar-refractivity contribution in [1.82, 2.24) is 24.6 Å². The minimum absolute atomic E-state index is 0.0347. The van der Waals surface area contributed by atoms with Gasteiger partial charge in [-0.25, -0.2) is 9.48 Å². The van der Waals surface area contributed by atoms with Crippen LogP contribution >= 0.6 is 0 Å². The zero-order valence-corrected chi connectivity index (χ0v) is 15.8. The van der Waals surface area contributed by atoms with Crippen LogP contribution in [0.1, 0.15) is 17.8 Å². The van der Waals surface area contributed by atoms with Crippen LogP contribution in [-0.4, -0.2) is 44.9 Å². The Balaban J connectivity index is 1.54. The Labute approximate surface area is 156 Å². The van der Waals surface area contributed by atoms with Crippen molar-refractivity contribution in [3.05, 3.63) is 50.6 Å². The number of carbonyl (C=O) groups excluding carboxylic acids is 1. The zero-order valence-electron chi connectivity index (χ0n) is 15.8. The highest BCUT2D eigenvalue weighted by Gasteiger charge is 2.24. The Morgan fingerprint density at radius 1 is 1.30 bits per heavy atom. The number of hydrogen-bond acceptors (Lipinski definition) is 6. The molecule has 1 saturated heterocycles.